The second-order valence-corrected chi connectivity index (χ2v) is 11.7. The summed E-state index contributed by atoms with van der Waals surface area (Å²) in [6.45, 7) is 4.00. The second-order valence-electron chi connectivity index (χ2n) is 8.24. The summed E-state index contributed by atoms with van der Waals surface area (Å²) in [4.78, 5) is 25.5. The number of furan rings is 1. The highest BCUT2D eigenvalue weighted by Crippen LogP contribution is 2.58. The molecule has 0 N–H and O–H groups in total. The largest absolute Gasteiger partial charge is 0.466 e. The first-order valence-electron chi connectivity index (χ1n) is 12.1. The van der Waals surface area contributed by atoms with Crippen LogP contribution in [0.15, 0.2) is 102 Å². The molecule has 0 spiro atoms. The van der Waals surface area contributed by atoms with Gasteiger partial charge >= 0.3 is 11.9 Å². The van der Waals surface area contributed by atoms with Crippen molar-refractivity contribution in [2.24, 2.45) is 0 Å². The second kappa shape index (κ2) is 11.8. The fraction of sp³-hybridized carbons (Fsp3) is 0.200. The van der Waals surface area contributed by atoms with Crippen LogP contribution in [0, 0.1) is 0 Å². The molecule has 0 fully saturated rings. The Morgan fingerprint density at radius 1 is 0.722 bits per heavy atom. The van der Waals surface area contributed by atoms with Gasteiger partial charge in [0.25, 0.3) is 0 Å². The predicted octanol–water partition coefficient (Wildman–Crippen LogP) is 5.06. The standard InChI is InChI=1S/C30H30O5P/c1-3-33-28(31)20-23-21-35-27(29(23)30(32)34-4-2)22-36(24-14-8-5-9-15-24,25-16-10-6-11-17-25)26-18-12-7-13-19-26/h5-19,21H,3-4,20,22H2,1-2H3/q+1. The maximum Gasteiger partial charge on any atom is 0.342 e. The van der Waals surface area contributed by atoms with E-state index in [9.17, 15) is 9.59 Å². The molecule has 0 unspecified atom stereocenters. The minimum Gasteiger partial charge on any atom is -0.466 e. The molecule has 5 nitrogen and oxygen atoms in total. The molecule has 1 aromatic heterocycles. The van der Waals surface area contributed by atoms with Gasteiger partial charge < -0.3 is 13.9 Å². The zero-order chi connectivity index (χ0) is 25.4. The molecule has 0 saturated carbocycles. The molecule has 4 rings (SSSR count). The molecule has 0 amide bonds. The molecule has 0 saturated heterocycles. The summed E-state index contributed by atoms with van der Waals surface area (Å²) >= 11 is 0. The van der Waals surface area contributed by atoms with Crippen molar-refractivity contribution in [2.45, 2.75) is 26.4 Å². The van der Waals surface area contributed by atoms with Crippen LogP contribution in [0.1, 0.15) is 35.5 Å². The van der Waals surface area contributed by atoms with Gasteiger partial charge in [0, 0.05) is 5.56 Å². The highest BCUT2D eigenvalue weighted by molar-refractivity contribution is 7.95. The van der Waals surface area contributed by atoms with Gasteiger partial charge in [-0.2, -0.15) is 0 Å². The van der Waals surface area contributed by atoms with Crippen molar-refractivity contribution in [1.82, 2.24) is 0 Å². The van der Waals surface area contributed by atoms with Gasteiger partial charge in [0.15, 0.2) is 5.76 Å². The third-order valence-electron chi connectivity index (χ3n) is 6.03. The summed E-state index contributed by atoms with van der Waals surface area (Å²) in [5.41, 5.74) is 0.797. The average Bonchev–Trinajstić information content (AvgIpc) is 3.30. The molecule has 36 heavy (non-hydrogen) atoms. The van der Waals surface area contributed by atoms with E-state index in [2.05, 4.69) is 36.4 Å². The van der Waals surface area contributed by atoms with E-state index in [0.717, 1.165) is 0 Å². The zero-order valence-corrected chi connectivity index (χ0v) is 21.4. The van der Waals surface area contributed by atoms with Gasteiger partial charge in [-0.25, -0.2) is 4.79 Å². The molecule has 0 bridgehead atoms. The van der Waals surface area contributed by atoms with E-state index in [0.29, 0.717) is 23.0 Å². The number of ether oxygens (including phenoxy) is 2. The number of hydrogen-bond donors (Lipinski definition) is 0. The molecule has 4 aromatic rings. The van der Waals surface area contributed by atoms with E-state index in [1.54, 1.807) is 13.8 Å². The number of benzene rings is 3. The van der Waals surface area contributed by atoms with Gasteiger partial charge in [0.1, 0.15) is 34.9 Å². The highest BCUT2D eigenvalue weighted by atomic mass is 31.2. The van der Waals surface area contributed by atoms with Gasteiger partial charge in [0.05, 0.1) is 25.9 Å². The van der Waals surface area contributed by atoms with E-state index >= 15 is 0 Å². The Hall–Kier alpha value is -3.69. The van der Waals surface area contributed by atoms with Crippen LogP contribution >= 0.6 is 7.26 Å². The minimum atomic E-state index is -2.31. The first-order valence-corrected chi connectivity index (χ1v) is 14.0. The third-order valence-corrected chi connectivity index (χ3v) is 10.3. The highest BCUT2D eigenvalue weighted by Gasteiger charge is 2.47. The first-order chi connectivity index (χ1) is 17.6. The number of carbonyl (C=O) groups excluding carboxylic acids is 2. The Balaban J connectivity index is 1.93. The Morgan fingerprint density at radius 2 is 1.19 bits per heavy atom. The molecule has 0 radical (unpaired) electrons. The number of rotatable bonds is 10. The van der Waals surface area contributed by atoms with Crippen LogP contribution in [0.25, 0.3) is 0 Å². The van der Waals surface area contributed by atoms with Gasteiger partial charge in [-0.05, 0) is 50.2 Å². The van der Waals surface area contributed by atoms with Gasteiger partial charge in [-0.15, -0.1) is 0 Å². The number of hydrogen-bond acceptors (Lipinski definition) is 5. The summed E-state index contributed by atoms with van der Waals surface area (Å²) in [6, 6.07) is 31.1. The third kappa shape index (κ3) is 5.27. The summed E-state index contributed by atoms with van der Waals surface area (Å²) < 4.78 is 16.6. The average molecular weight is 502 g/mol. The summed E-state index contributed by atoms with van der Waals surface area (Å²) in [6.07, 6.45) is 1.90. The first kappa shape index (κ1) is 25.4. The van der Waals surface area contributed by atoms with E-state index in [1.165, 1.54) is 22.2 Å². The van der Waals surface area contributed by atoms with Crippen LogP contribution in [-0.4, -0.2) is 25.2 Å². The van der Waals surface area contributed by atoms with Crippen molar-refractivity contribution in [1.29, 1.82) is 0 Å². The summed E-state index contributed by atoms with van der Waals surface area (Å²) in [7, 11) is -2.31. The Morgan fingerprint density at radius 3 is 1.64 bits per heavy atom. The molecular weight excluding hydrogens is 471 g/mol. The smallest absolute Gasteiger partial charge is 0.342 e. The molecule has 6 heteroatoms. The molecule has 0 atom stereocenters. The van der Waals surface area contributed by atoms with E-state index < -0.39 is 19.2 Å². The number of esters is 2. The number of carbonyl (C=O) groups is 2. The lowest BCUT2D eigenvalue weighted by molar-refractivity contribution is -0.142. The summed E-state index contributed by atoms with van der Waals surface area (Å²) in [5, 5.41) is 3.50. The fourth-order valence-electron chi connectivity index (χ4n) is 4.49. The molecule has 0 aliphatic heterocycles. The Kier molecular flexibility index (Phi) is 8.35. The predicted molar refractivity (Wildman–Crippen MR) is 144 cm³/mol. The van der Waals surface area contributed by atoms with Crippen LogP contribution in [0.5, 0.6) is 0 Å². The topological polar surface area (TPSA) is 65.7 Å². The van der Waals surface area contributed by atoms with Crippen LogP contribution in [0.4, 0.5) is 0 Å². The quantitative estimate of drug-likeness (QED) is 0.225. The van der Waals surface area contributed by atoms with Crippen molar-refractivity contribution in [3.63, 3.8) is 0 Å². The molecule has 1 heterocycles. The molecule has 0 aliphatic carbocycles. The van der Waals surface area contributed by atoms with Crippen molar-refractivity contribution < 1.29 is 23.5 Å². The minimum absolute atomic E-state index is 0.0566. The van der Waals surface area contributed by atoms with Crippen molar-refractivity contribution in [3.05, 3.63) is 114 Å². The normalized spacial score (nSPS) is 11.2. The van der Waals surface area contributed by atoms with Crippen LogP contribution in [-0.2, 0) is 26.9 Å². The van der Waals surface area contributed by atoms with Crippen LogP contribution in [0.2, 0.25) is 0 Å². The molecular formula is C30H30O5P+. The zero-order valence-electron chi connectivity index (χ0n) is 20.6. The van der Waals surface area contributed by atoms with E-state index in [4.69, 9.17) is 13.9 Å². The van der Waals surface area contributed by atoms with Crippen molar-refractivity contribution in [3.8, 4) is 0 Å². The van der Waals surface area contributed by atoms with Crippen LogP contribution < -0.4 is 15.9 Å². The van der Waals surface area contributed by atoms with E-state index in [-0.39, 0.29) is 19.6 Å². The Bertz CT molecular complexity index is 1190. The van der Waals surface area contributed by atoms with Gasteiger partial charge in [-0.3, -0.25) is 4.79 Å². The molecule has 3 aromatic carbocycles. The molecule has 0 aliphatic rings. The molecule has 184 valence electrons. The maximum absolute atomic E-state index is 13.2. The van der Waals surface area contributed by atoms with Crippen molar-refractivity contribution in [2.75, 3.05) is 13.2 Å². The lowest BCUT2D eigenvalue weighted by atomic mass is 10.1. The van der Waals surface area contributed by atoms with Crippen molar-refractivity contribution >= 4 is 35.1 Å². The van der Waals surface area contributed by atoms with Crippen LogP contribution in [0.3, 0.4) is 0 Å². The fourth-order valence-corrected chi connectivity index (χ4v) is 8.63. The summed E-state index contributed by atoms with van der Waals surface area (Å²) in [5.74, 6) is -0.392. The maximum atomic E-state index is 13.2. The monoisotopic (exact) mass is 501 g/mol. The van der Waals surface area contributed by atoms with E-state index in [1.807, 2.05) is 54.6 Å². The lowest BCUT2D eigenvalue weighted by Crippen LogP contribution is -2.32. The Labute approximate surface area is 212 Å². The van der Waals surface area contributed by atoms with Gasteiger partial charge in [0.2, 0.25) is 0 Å². The van der Waals surface area contributed by atoms with Gasteiger partial charge in [-0.1, -0.05) is 54.6 Å². The lowest BCUT2D eigenvalue weighted by Gasteiger charge is -2.27. The SMILES string of the molecule is CCOC(=O)Cc1coc(C[P+](c2ccccc2)(c2ccccc2)c2ccccc2)c1C(=O)OCC.